The molecule has 0 radical (unpaired) electrons. The number of anilines is 2. The van der Waals surface area contributed by atoms with Crippen LogP contribution in [-0.2, 0) is 10.8 Å². The van der Waals surface area contributed by atoms with Gasteiger partial charge in [0.2, 0.25) is 0 Å². The first-order valence-corrected chi connectivity index (χ1v) is 14.5. The second-order valence-electron chi connectivity index (χ2n) is 12.7. The molecule has 1 atom stereocenters. The van der Waals surface area contributed by atoms with E-state index in [1.54, 1.807) is 0 Å². The standard InChI is InChI=1S/2C14H21F3N4.C2H4.2H2/c1-9(14(15,16)17)21-6-10(7-21)20-12-5-11(13(2,3)4)18-8-19-12;1-4-13(2,3)11-5-12(19-9-18-11)20-10-6-21(7-10)8-14(15,16)17;1-2;;/h5,8-10H,6-7H2,1-4H3,(H,18,19,20);5,9-10H,4,6-8H2,1-3H3,(H,18,19,20);1-2H2;2*1H/t9-;;;;/m0..../s1. The molecule has 44 heavy (non-hydrogen) atoms. The predicted molar refractivity (Wildman–Crippen MR) is 166 cm³/mol. The molecular formula is C30H50F6N8. The summed E-state index contributed by atoms with van der Waals surface area (Å²) in [4.78, 5) is 19.6. The van der Waals surface area contributed by atoms with E-state index in [1.807, 2.05) is 12.1 Å². The minimum Gasteiger partial charge on any atom is -0.365 e. The van der Waals surface area contributed by atoms with Crippen LogP contribution in [0, 0.1) is 0 Å². The van der Waals surface area contributed by atoms with Gasteiger partial charge in [0, 0.05) is 52.0 Å². The lowest BCUT2D eigenvalue weighted by molar-refractivity contribution is -0.188. The molecule has 2 aromatic rings. The van der Waals surface area contributed by atoms with Crippen molar-refractivity contribution in [2.45, 2.75) is 96.2 Å². The molecule has 0 amide bonds. The van der Waals surface area contributed by atoms with Crippen LogP contribution in [-0.4, -0.2) is 92.9 Å². The average Bonchev–Trinajstić information content (AvgIpc) is 2.89. The van der Waals surface area contributed by atoms with Crippen molar-refractivity contribution in [1.82, 2.24) is 29.7 Å². The molecule has 2 aliphatic rings. The zero-order valence-electron chi connectivity index (χ0n) is 26.6. The maximum absolute atomic E-state index is 12.6. The van der Waals surface area contributed by atoms with E-state index in [1.165, 1.54) is 29.4 Å². The van der Waals surface area contributed by atoms with Crippen LogP contribution < -0.4 is 10.6 Å². The fourth-order valence-corrected chi connectivity index (χ4v) is 4.42. The lowest BCUT2D eigenvalue weighted by atomic mass is 9.86. The smallest absolute Gasteiger partial charge is 0.365 e. The van der Waals surface area contributed by atoms with Crippen LogP contribution in [0.25, 0.3) is 0 Å². The van der Waals surface area contributed by atoms with E-state index in [-0.39, 0.29) is 25.8 Å². The van der Waals surface area contributed by atoms with Crippen molar-refractivity contribution in [3.05, 3.63) is 49.3 Å². The maximum Gasteiger partial charge on any atom is 0.403 e. The highest BCUT2D eigenvalue weighted by atomic mass is 19.4. The van der Waals surface area contributed by atoms with Crippen molar-refractivity contribution in [2.75, 3.05) is 43.4 Å². The second kappa shape index (κ2) is 14.9. The van der Waals surface area contributed by atoms with Gasteiger partial charge in [0.05, 0.1) is 30.0 Å². The normalized spacial score (nSPS) is 17.7. The summed E-state index contributed by atoms with van der Waals surface area (Å²) in [5, 5.41) is 6.34. The van der Waals surface area contributed by atoms with E-state index in [2.05, 4.69) is 85.3 Å². The van der Waals surface area contributed by atoms with Crippen LogP contribution in [0.5, 0.6) is 0 Å². The van der Waals surface area contributed by atoms with E-state index >= 15 is 0 Å². The van der Waals surface area contributed by atoms with Crippen LogP contribution in [0.4, 0.5) is 38.0 Å². The molecule has 4 heterocycles. The number of hydrogen-bond donors (Lipinski definition) is 2. The number of hydrogen-bond acceptors (Lipinski definition) is 8. The van der Waals surface area contributed by atoms with Gasteiger partial charge < -0.3 is 10.6 Å². The van der Waals surface area contributed by atoms with Gasteiger partial charge in [-0.25, -0.2) is 19.9 Å². The molecule has 0 unspecified atom stereocenters. The molecule has 252 valence electrons. The third kappa shape index (κ3) is 11.2. The lowest BCUT2D eigenvalue weighted by Gasteiger charge is -2.43. The fraction of sp³-hybridized carbons (Fsp3) is 0.667. The second-order valence-corrected chi connectivity index (χ2v) is 12.7. The minimum atomic E-state index is -4.17. The Bertz CT molecular complexity index is 1180. The molecule has 2 saturated heterocycles. The third-order valence-electron chi connectivity index (χ3n) is 7.68. The average molecular weight is 637 g/mol. The number of rotatable bonds is 8. The molecule has 0 spiro atoms. The highest BCUT2D eigenvalue weighted by molar-refractivity contribution is 5.39. The number of nitrogens with one attached hydrogen (secondary N) is 2. The summed E-state index contributed by atoms with van der Waals surface area (Å²) >= 11 is 0. The quantitative estimate of drug-likeness (QED) is 0.238. The molecule has 4 rings (SSSR count). The Labute approximate surface area is 259 Å². The van der Waals surface area contributed by atoms with Crippen LogP contribution >= 0.6 is 0 Å². The van der Waals surface area contributed by atoms with Gasteiger partial charge in [0.15, 0.2) is 0 Å². The largest absolute Gasteiger partial charge is 0.403 e. The highest BCUT2D eigenvalue weighted by Crippen LogP contribution is 2.29. The Morgan fingerprint density at radius 1 is 0.818 bits per heavy atom. The van der Waals surface area contributed by atoms with E-state index in [4.69, 9.17) is 0 Å². The Morgan fingerprint density at radius 2 is 1.27 bits per heavy atom. The molecule has 2 fully saturated rings. The molecule has 2 N–H and O–H groups in total. The molecule has 0 aliphatic carbocycles. The van der Waals surface area contributed by atoms with Crippen molar-refractivity contribution in [1.29, 1.82) is 0 Å². The summed E-state index contributed by atoms with van der Waals surface area (Å²) < 4.78 is 74.4. The van der Waals surface area contributed by atoms with Gasteiger partial charge in [-0.15, -0.1) is 13.2 Å². The molecule has 2 aliphatic heterocycles. The van der Waals surface area contributed by atoms with Crippen LogP contribution in [0.1, 0.15) is 69.1 Å². The Balaban J connectivity index is 0.000000802. The number of aromatic nitrogens is 4. The molecule has 14 heteroatoms. The maximum atomic E-state index is 12.6. The molecule has 0 saturated carbocycles. The molecule has 2 aromatic heterocycles. The molecule has 0 aromatic carbocycles. The minimum absolute atomic E-state index is 0. The zero-order chi connectivity index (χ0) is 33.5. The Morgan fingerprint density at radius 3 is 1.70 bits per heavy atom. The third-order valence-corrected chi connectivity index (χ3v) is 7.68. The van der Waals surface area contributed by atoms with E-state index in [0.29, 0.717) is 37.8 Å². The van der Waals surface area contributed by atoms with E-state index in [9.17, 15) is 26.3 Å². The number of nitrogens with zero attached hydrogens (tertiary/aromatic N) is 6. The molecule has 8 nitrogen and oxygen atoms in total. The van der Waals surface area contributed by atoms with Gasteiger partial charge in [-0.2, -0.15) is 26.3 Å². The van der Waals surface area contributed by atoms with Crippen molar-refractivity contribution >= 4 is 11.6 Å². The lowest BCUT2D eigenvalue weighted by Crippen LogP contribution is -2.61. The monoisotopic (exact) mass is 636 g/mol. The van der Waals surface area contributed by atoms with Crippen molar-refractivity contribution in [2.24, 2.45) is 0 Å². The Kier molecular flexibility index (Phi) is 12.6. The first-order chi connectivity index (χ1) is 20.3. The van der Waals surface area contributed by atoms with Gasteiger partial charge in [0.1, 0.15) is 30.3 Å². The van der Waals surface area contributed by atoms with Crippen LogP contribution in [0.3, 0.4) is 0 Å². The topological polar surface area (TPSA) is 82.1 Å². The van der Waals surface area contributed by atoms with Crippen LogP contribution in [0.15, 0.2) is 37.9 Å². The highest BCUT2D eigenvalue weighted by Gasteiger charge is 2.44. The fourth-order valence-electron chi connectivity index (χ4n) is 4.42. The van der Waals surface area contributed by atoms with Gasteiger partial charge in [0.25, 0.3) is 0 Å². The molecular weight excluding hydrogens is 586 g/mol. The summed E-state index contributed by atoms with van der Waals surface area (Å²) in [6.07, 6.45) is -4.36. The summed E-state index contributed by atoms with van der Waals surface area (Å²) in [6.45, 7) is 20.3. The van der Waals surface area contributed by atoms with E-state index < -0.39 is 24.9 Å². The number of halogens is 6. The van der Waals surface area contributed by atoms with Crippen LogP contribution in [0.2, 0.25) is 0 Å². The summed E-state index contributed by atoms with van der Waals surface area (Å²) in [5.41, 5.74) is 1.71. The number of alkyl halides is 6. The SMILES string of the molecule is C=C.CCC(C)(C)c1cc(NC2CN(CC(F)(F)F)C2)ncn1.C[C@H](N1CC(Nc2cc(C(C)(C)C)ncn2)C1)C(F)(F)F.[HH].[HH]. The van der Waals surface area contributed by atoms with Gasteiger partial charge >= 0.3 is 12.4 Å². The first kappa shape index (κ1) is 37.2. The van der Waals surface area contributed by atoms with Crippen molar-refractivity contribution in [3.63, 3.8) is 0 Å². The zero-order valence-corrected chi connectivity index (χ0v) is 26.6. The summed E-state index contributed by atoms with van der Waals surface area (Å²) in [6, 6.07) is 2.36. The first-order valence-electron chi connectivity index (χ1n) is 14.5. The van der Waals surface area contributed by atoms with Gasteiger partial charge in [-0.3, -0.25) is 9.80 Å². The molecule has 0 bridgehead atoms. The number of likely N-dealkylation sites (tertiary alicyclic amines) is 2. The van der Waals surface area contributed by atoms with Gasteiger partial charge in [-0.1, -0.05) is 41.5 Å². The Hall–Kier alpha value is -3.00. The van der Waals surface area contributed by atoms with Gasteiger partial charge in [-0.05, 0) is 13.3 Å². The predicted octanol–water partition coefficient (Wildman–Crippen LogP) is 6.94. The van der Waals surface area contributed by atoms with E-state index in [0.717, 1.165) is 17.8 Å². The summed E-state index contributed by atoms with van der Waals surface area (Å²) in [5.74, 6) is 1.34. The van der Waals surface area contributed by atoms with Crippen molar-refractivity contribution < 1.29 is 29.2 Å². The summed E-state index contributed by atoms with van der Waals surface area (Å²) in [7, 11) is 0. The van der Waals surface area contributed by atoms with Crippen molar-refractivity contribution in [3.8, 4) is 0 Å².